The molecule has 0 fully saturated rings. The Morgan fingerprint density at radius 1 is 1.31 bits per heavy atom. The van der Waals surface area contributed by atoms with Crippen molar-refractivity contribution >= 4 is 34.2 Å². The minimum absolute atomic E-state index is 0.493. The van der Waals surface area contributed by atoms with Gasteiger partial charge in [-0.2, -0.15) is 13.2 Å². The first-order valence-corrected chi connectivity index (χ1v) is 9.55. The summed E-state index contributed by atoms with van der Waals surface area (Å²) in [5.41, 5.74) is 18.0. The van der Waals surface area contributed by atoms with Crippen molar-refractivity contribution in [2.45, 2.75) is 37.8 Å². The largest absolute Gasteiger partial charge is 0.490 e. The Morgan fingerprint density at radius 3 is 2.62 bits per heavy atom. The molecule has 1 aromatic carbocycles. The van der Waals surface area contributed by atoms with Gasteiger partial charge < -0.3 is 16.6 Å². The van der Waals surface area contributed by atoms with Crippen LogP contribution in [-0.4, -0.2) is 28.8 Å². The van der Waals surface area contributed by atoms with Gasteiger partial charge in [0, 0.05) is 27.4 Å². The first-order valence-electron chi connectivity index (χ1n) is 9.17. The molecule has 0 spiro atoms. The molecule has 1 aromatic heterocycles. The highest BCUT2D eigenvalue weighted by atomic mass is 35.5. The van der Waals surface area contributed by atoms with E-state index in [0.717, 1.165) is 48.1 Å². The number of alkyl halides is 3. The number of fused-ring (bicyclic) bond motifs is 5. The van der Waals surface area contributed by atoms with Crippen LogP contribution in [0.1, 0.15) is 36.4 Å². The molecule has 4 rings (SSSR count). The Morgan fingerprint density at radius 2 is 2.00 bits per heavy atom. The van der Waals surface area contributed by atoms with E-state index in [1.54, 1.807) is 0 Å². The van der Waals surface area contributed by atoms with Gasteiger partial charge in [-0.25, -0.2) is 4.79 Å². The Hall–Kier alpha value is -2.32. The van der Waals surface area contributed by atoms with Gasteiger partial charge in [0.2, 0.25) is 0 Å². The van der Waals surface area contributed by atoms with Crippen LogP contribution in [0, 0.1) is 5.92 Å². The number of carboxylic acids is 1. The summed E-state index contributed by atoms with van der Waals surface area (Å²) >= 11 is 6.10. The number of carboxylic acid groups (broad SMARTS) is 1. The van der Waals surface area contributed by atoms with Crippen molar-refractivity contribution < 1.29 is 23.1 Å². The normalized spacial score (nSPS) is 20.4. The van der Waals surface area contributed by atoms with Crippen molar-refractivity contribution in [3.63, 3.8) is 0 Å². The summed E-state index contributed by atoms with van der Waals surface area (Å²) in [6.45, 7) is 0.724. The number of rotatable bonds is 2. The van der Waals surface area contributed by atoms with Crippen molar-refractivity contribution in [1.29, 1.82) is 0 Å². The molecule has 2 aliphatic rings. The molecule has 2 atom stereocenters. The predicted octanol–water partition coefficient (Wildman–Crippen LogP) is 4.43. The van der Waals surface area contributed by atoms with E-state index >= 15 is 0 Å². The van der Waals surface area contributed by atoms with Crippen molar-refractivity contribution in [2.75, 3.05) is 12.3 Å². The molecule has 0 aliphatic heterocycles. The second-order valence-electron chi connectivity index (χ2n) is 7.31. The summed E-state index contributed by atoms with van der Waals surface area (Å²) < 4.78 is 31.7. The molecular formula is C20H21ClF3N3O2. The minimum Gasteiger partial charge on any atom is -0.475 e. The number of aliphatic carboxylic acids is 1. The van der Waals surface area contributed by atoms with Crippen LogP contribution in [0.2, 0.25) is 5.02 Å². The van der Waals surface area contributed by atoms with Gasteiger partial charge in [-0.05, 0) is 62.3 Å². The fourth-order valence-corrected chi connectivity index (χ4v) is 4.32. The molecule has 5 nitrogen and oxygen atoms in total. The third-order valence-corrected chi connectivity index (χ3v) is 5.48. The molecule has 0 radical (unpaired) electrons. The standard InChI is InChI=1S/C18H20ClN3.C2HF3O2/c19-13-1-2-14-15(9-13)22-16-8-11-5-10(3-4-20)6-12(7-11)17(16)18(14)21;3-2(4,5)1(6)7/h1-2,5,9,11-12H,3-4,6-8,20H2,(H2,21,22);(H,6,7). The highest BCUT2D eigenvalue weighted by Gasteiger charge is 2.38. The van der Waals surface area contributed by atoms with Gasteiger partial charge >= 0.3 is 12.1 Å². The van der Waals surface area contributed by atoms with Gasteiger partial charge in [-0.1, -0.05) is 23.3 Å². The lowest BCUT2D eigenvalue weighted by Gasteiger charge is -2.36. The lowest BCUT2D eigenvalue weighted by Crippen LogP contribution is -2.25. The highest BCUT2D eigenvalue weighted by molar-refractivity contribution is 6.31. The molecule has 1 heterocycles. The van der Waals surface area contributed by atoms with E-state index in [1.165, 1.54) is 17.6 Å². The maximum atomic E-state index is 10.6. The van der Waals surface area contributed by atoms with Crippen LogP contribution in [0.15, 0.2) is 29.8 Å². The summed E-state index contributed by atoms with van der Waals surface area (Å²) in [5, 5.41) is 8.86. The van der Waals surface area contributed by atoms with Crippen LogP contribution >= 0.6 is 11.6 Å². The van der Waals surface area contributed by atoms with E-state index in [4.69, 9.17) is 38.0 Å². The third kappa shape index (κ3) is 4.64. The summed E-state index contributed by atoms with van der Waals surface area (Å²) in [4.78, 5) is 13.8. The monoisotopic (exact) mass is 427 g/mol. The molecule has 2 bridgehead atoms. The quantitative estimate of drug-likeness (QED) is 0.615. The molecule has 9 heteroatoms. The Balaban J connectivity index is 0.000000298. The van der Waals surface area contributed by atoms with Gasteiger partial charge in [0.05, 0.1) is 5.52 Å². The van der Waals surface area contributed by atoms with E-state index in [9.17, 15) is 13.2 Å². The predicted molar refractivity (Wildman–Crippen MR) is 106 cm³/mol. The number of aromatic nitrogens is 1. The SMILES string of the molecule is NCCC1=CC2Cc3nc4cc(Cl)ccc4c(N)c3C(C1)C2.O=C(O)C(F)(F)F. The fourth-order valence-electron chi connectivity index (χ4n) is 4.16. The van der Waals surface area contributed by atoms with Crippen LogP contribution in [0.4, 0.5) is 18.9 Å². The number of nitrogens with two attached hydrogens (primary N) is 2. The van der Waals surface area contributed by atoms with E-state index < -0.39 is 12.1 Å². The Kier molecular flexibility index (Phi) is 6.05. The number of allylic oxidation sites excluding steroid dienone is 1. The number of nitrogens with zero attached hydrogens (tertiary/aromatic N) is 1. The molecule has 156 valence electrons. The Bertz CT molecular complexity index is 976. The number of benzene rings is 1. The number of carbonyl (C=O) groups is 1. The van der Waals surface area contributed by atoms with Crippen LogP contribution < -0.4 is 11.5 Å². The molecule has 2 aromatic rings. The van der Waals surface area contributed by atoms with Gasteiger partial charge in [0.25, 0.3) is 0 Å². The zero-order valence-electron chi connectivity index (χ0n) is 15.5. The lowest BCUT2D eigenvalue weighted by atomic mass is 9.70. The van der Waals surface area contributed by atoms with Crippen molar-refractivity contribution in [3.05, 3.63) is 46.1 Å². The molecule has 0 amide bonds. The second-order valence-corrected chi connectivity index (χ2v) is 7.75. The van der Waals surface area contributed by atoms with Crippen LogP contribution in [0.5, 0.6) is 0 Å². The second kappa shape index (κ2) is 8.20. The van der Waals surface area contributed by atoms with Crippen LogP contribution in [0.25, 0.3) is 10.9 Å². The van der Waals surface area contributed by atoms with Crippen LogP contribution in [0.3, 0.4) is 0 Å². The molecule has 0 saturated carbocycles. The summed E-state index contributed by atoms with van der Waals surface area (Å²) in [6.07, 6.45) is 1.58. The molecule has 2 aliphatic carbocycles. The average Bonchev–Trinajstić information content (AvgIpc) is 2.61. The first-order chi connectivity index (χ1) is 13.6. The minimum atomic E-state index is -5.08. The third-order valence-electron chi connectivity index (χ3n) is 5.25. The fraction of sp³-hybridized carbons (Fsp3) is 0.400. The van der Waals surface area contributed by atoms with Gasteiger partial charge in [-0.3, -0.25) is 4.98 Å². The number of pyridine rings is 1. The summed E-state index contributed by atoms with van der Waals surface area (Å²) in [7, 11) is 0. The lowest BCUT2D eigenvalue weighted by molar-refractivity contribution is -0.192. The number of hydrogen-bond donors (Lipinski definition) is 3. The Labute approximate surface area is 170 Å². The molecular weight excluding hydrogens is 407 g/mol. The van der Waals surface area contributed by atoms with Crippen molar-refractivity contribution in [1.82, 2.24) is 4.98 Å². The van der Waals surface area contributed by atoms with Gasteiger partial charge in [0.15, 0.2) is 0 Å². The van der Waals surface area contributed by atoms with Gasteiger partial charge in [0.1, 0.15) is 0 Å². The molecule has 5 N–H and O–H groups in total. The number of hydrogen-bond acceptors (Lipinski definition) is 4. The zero-order valence-corrected chi connectivity index (χ0v) is 16.2. The highest BCUT2D eigenvalue weighted by Crippen LogP contribution is 2.47. The van der Waals surface area contributed by atoms with E-state index in [1.807, 2.05) is 18.2 Å². The van der Waals surface area contributed by atoms with Crippen LogP contribution in [-0.2, 0) is 11.2 Å². The number of halogens is 4. The van der Waals surface area contributed by atoms with E-state index in [-0.39, 0.29) is 0 Å². The number of anilines is 1. The molecule has 29 heavy (non-hydrogen) atoms. The maximum Gasteiger partial charge on any atom is 0.490 e. The van der Waals surface area contributed by atoms with Crippen molar-refractivity contribution in [3.8, 4) is 0 Å². The summed E-state index contributed by atoms with van der Waals surface area (Å²) in [5.74, 6) is -1.68. The van der Waals surface area contributed by atoms with Gasteiger partial charge in [-0.15, -0.1) is 0 Å². The average molecular weight is 428 g/mol. The van der Waals surface area contributed by atoms with E-state index in [0.29, 0.717) is 16.9 Å². The van der Waals surface area contributed by atoms with E-state index in [2.05, 4.69) is 6.08 Å². The molecule has 0 saturated heterocycles. The summed E-state index contributed by atoms with van der Waals surface area (Å²) in [6, 6.07) is 5.79. The molecule has 2 unspecified atom stereocenters. The first kappa shape index (κ1) is 21.4. The van der Waals surface area contributed by atoms with Crippen molar-refractivity contribution in [2.24, 2.45) is 11.7 Å². The number of nitrogen functional groups attached to an aromatic ring is 1. The zero-order chi connectivity index (χ0) is 21.3. The smallest absolute Gasteiger partial charge is 0.475 e. The maximum absolute atomic E-state index is 10.6. The topological polar surface area (TPSA) is 102 Å².